The number of aryl methyl sites for hydroxylation is 1. The van der Waals surface area contributed by atoms with Crippen LogP contribution in [-0.2, 0) is 12.8 Å². The lowest BCUT2D eigenvalue weighted by atomic mass is 10.2. The van der Waals surface area contributed by atoms with Crippen LogP contribution in [0.5, 0.6) is 5.75 Å². The zero-order chi connectivity index (χ0) is 18.8. The van der Waals surface area contributed by atoms with Crippen LogP contribution in [0.4, 0.5) is 14.6 Å². The van der Waals surface area contributed by atoms with Crippen molar-refractivity contribution >= 4 is 11.7 Å². The summed E-state index contributed by atoms with van der Waals surface area (Å²) < 4.78 is 31.4. The Labute approximate surface area is 154 Å². The molecule has 1 aliphatic rings. The van der Waals surface area contributed by atoms with Crippen LogP contribution < -0.4 is 10.1 Å². The molecule has 0 aliphatic heterocycles. The topological polar surface area (TPSA) is 56.2 Å². The molecule has 4 rings (SSSR count). The van der Waals surface area contributed by atoms with E-state index in [1.807, 2.05) is 30.3 Å². The molecule has 0 saturated heterocycles. The second kappa shape index (κ2) is 7.19. The van der Waals surface area contributed by atoms with Gasteiger partial charge in [0.05, 0.1) is 16.9 Å². The van der Waals surface area contributed by atoms with E-state index in [1.54, 1.807) is 16.8 Å². The number of halogens is 2. The lowest BCUT2D eigenvalue weighted by molar-refractivity contribution is -0.0501. The van der Waals surface area contributed by atoms with Gasteiger partial charge in [-0.2, -0.15) is 13.9 Å². The maximum atomic E-state index is 12.8. The van der Waals surface area contributed by atoms with Gasteiger partial charge in [0.15, 0.2) is 0 Å². The number of ether oxygens (including phenoxy) is 1. The molecule has 1 heterocycles. The smallest absolute Gasteiger partial charge is 0.387 e. The average Bonchev–Trinajstić information content (AvgIpc) is 3.25. The van der Waals surface area contributed by atoms with Crippen molar-refractivity contribution in [2.45, 2.75) is 25.9 Å². The molecule has 1 N–H and O–H groups in total. The number of amides is 1. The molecule has 0 saturated carbocycles. The van der Waals surface area contributed by atoms with Crippen LogP contribution in [-0.4, -0.2) is 22.3 Å². The third kappa shape index (κ3) is 3.40. The summed E-state index contributed by atoms with van der Waals surface area (Å²) in [6.45, 7) is -3.00. The Hall–Kier alpha value is -3.22. The number of carbonyl (C=O) groups is 1. The van der Waals surface area contributed by atoms with Crippen LogP contribution in [0.15, 0.2) is 54.6 Å². The Morgan fingerprint density at radius 3 is 2.59 bits per heavy atom. The fourth-order valence-electron chi connectivity index (χ4n) is 3.30. The van der Waals surface area contributed by atoms with E-state index in [9.17, 15) is 13.6 Å². The summed E-state index contributed by atoms with van der Waals surface area (Å²) in [6.07, 6.45) is 2.64. The first-order valence-electron chi connectivity index (χ1n) is 8.65. The first kappa shape index (κ1) is 17.2. The quantitative estimate of drug-likeness (QED) is 0.733. The monoisotopic (exact) mass is 369 g/mol. The van der Waals surface area contributed by atoms with Gasteiger partial charge in [0.1, 0.15) is 11.6 Å². The van der Waals surface area contributed by atoms with Gasteiger partial charge < -0.3 is 10.1 Å². The predicted octanol–water partition coefficient (Wildman–Crippen LogP) is 4.21. The zero-order valence-electron chi connectivity index (χ0n) is 14.4. The maximum Gasteiger partial charge on any atom is 0.387 e. The van der Waals surface area contributed by atoms with Crippen molar-refractivity contribution in [3.63, 3.8) is 0 Å². The summed E-state index contributed by atoms with van der Waals surface area (Å²) in [6, 6.07) is 15.4. The number of carbonyl (C=O) groups excluding carboxylic acids is 1. The van der Waals surface area contributed by atoms with Gasteiger partial charge >= 0.3 is 6.61 Å². The van der Waals surface area contributed by atoms with Crippen LogP contribution in [0.1, 0.15) is 28.0 Å². The molecular formula is C20H17F2N3O2. The first-order valence-corrected chi connectivity index (χ1v) is 8.65. The molecule has 0 atom stereocenters. The molecule has 5 nitrogen and oxygen atoms in total. The molecule has 1 amide bonds. The van der Waals surface area contributed by atoms with Crippen molar-refractivity contribution < 1.29 is 18.3 Å². The van der Waals surface area contributed by atoms with E-state index in [0.717, 1.165) is 36.2 Å². The van der Waals surface area contributed by atoms with Crippen molar-refractivity contribution in [1.29, 1.82) is 0 Å². The van der Waals surface area contributed by atoms with E-state index >= 15 is 0 Å². The van der Waals surface area contributed by atoms with Gasteiger partial charge in [0.2, 0.25) is 0 Å². The summed E-state index contributed by atoms with van der Waals surface area (Å²) in [4.78, 5) is 12.8. The van der Waals surface area contributed by atoms with Crippen LogP contribution in [0.25, 0.3) is 5.69 Å². The van der Waals surface area contributed by atoms with E-state index in [4.69, 9.17) is 0 Å². The number of aromatic nitrogens is 2. The summed E-state index contributed by atoms with van der Waals surface area (Å²) in [5.74, 6) is -0.101. The molecular weight excluding hydrogens is 352 g/mol. The Balaban J connectivity index is 1.70. The van der Waals surface area contributed by atoms with Crippen molar-refractivity contribution in [1.82, 2.24) is 9.78 Å². The lowest BCUT2D eigenvalue weighted by Crippen LogP contribution is -2.18. The fourth-order valence-corrected chi connectivity index (χ4v) is 3.30. The standard InChI is InChI=1S/C20H17F2N3O2/c21-20(22)27-17-12-5-4-9-15(17)19(26)23-18-14-10-6-11-16(14)24-25(18)13-7-2-1-3-8-13/h1-5,7-9,12,20H,6,10-11H2,(H,23,26). The van der Waals surface area contributed by atoms with E-state index in [1.165, 1.54) is 12.1 Å². The number of rotatable bonds is 5. The number of fused-ring (bicyclic) bond motifs is 1. The third-order valence-corrected chi connectivity index (χ3v) is 4.49. The van der Waals surface area contributed by atoms with Gasteiger partial charge in [0.25, 0.3) is 5.91 Å². The molecule has 0 unspecified atom stereocenters. The van der Waals surface area contributed by atoms with Crippen LogP contribution in [0, 0.1) is 0 Å². The highest BCUT2D eigenvalue weighted by Gasteiger charge is 2.25. The SMILES string of the molecule is O=C(Nc1c2c(nn1-c1ccccc1)CCC2)c1ccccc1OC(F)F. The van der Waals surface area contributed by atoms with Crippen molar-refractivity contribution in [3.05, 3.63) is 71.4 Å². The summed E-state index contributed by atoms with van der Waals surface area (Å²) >= 11 is 0. The highest BCUT2D eigenvalue weighted by molar-refractivity contribution is 6.06. The Bertz CT molecular complexity index is 971. The average molecular weight is 369 g/mol. The van der Waals surface area contributed by atoms with Gasteiger partial charge in [-0.15, -0.1) is 0 Å². The Morgan fingerprint density at radius 2 is 1.81 bits per heavy atom. The number of benzene rings is 2. The van der Waals surface area contributed by atoms with E-state index < -0.39 is 12.5 Å². The van der Waals surface area contributed by atoms with Crippen LogP contribution >= 0.6 is 0 Å². The third-order valence-electron chi connectivity index (χ3n) is 4.49. The zero-order valence-corrected chi connectivity index (χ0v) is 14.4. The molecule has 138 valence electrons. The summed E-state index contributed by atoms with van der Waals surface area (Å²) in [7, 11) is 0. The van der Waals surface area contributed by atoms with E-state index in [2.05, 4.69) is 15.2 Å². The van der Waals surface area contributed by atoms with Crippen molar-refractivity contribution in [2.75, 3.05) is 5.32 Å². The molecule has 0 bridgehead atoms. The summed E-state index contributed by atoms with van der Waals surface area (Å²) in [5.41, 5.74) is 2.80. The van der Waals surface area contributed by atoms with Crippen LogP contribution in [0.2, 0.25) is 0 Å². The number of hydrogen-bond acceptors (Lipinski definition) is 3. The summed E-state index contributed by atoms with van der Waals surface area (Å²) in [5, 5.41) is 7.49. The molecule has 2 aromatic carbocycles. The second-order valence-corrected chi connectivity index (χ2v) is 6.20. The molecule has 7 heteroatoms. The predicted molar refractivity (Wildman–Crippen MR) is 96.6 cm³/mol. The van der Waals surface area contributed by atoms with Crippen molar-refractivity contribution in [2.24, 2.45) is 0 Å². The minimum atomic E-state index is -3.00. The molecule has 27 heavy (non-hydrogen) atoms. The van der Waals surface area contributed by atoms with Gasteiger partial charge in [-0.1, -0.05) is 30.3 Å². The molecule has 3 aromatic rings. The highest BCUT2D eigenvalue weighted by Crippen LogP contribution is 2.32. The van der Waals surface area contributed by atoms with Crippen molar-refractivity contribution in [3.8, 4) is 11.4 Å². The largest absolute Gasteiger partial charge is 0.434 e. The van der Waals surface area contributed by atoms with E-state index in [0.29, 0.717) is 5.82 Å². The minimum absolute atomic E-state index is 0.0466. The van der Waals surface area contributed by atoms with E-state index in [-0.39, 0.29) is 11.3 Å². The van der Waals surface area contributed by atoms with Gasteiger partial charge in [-0.25, -0.2) is 4.68 Å². The molecule has 0 spiro atoms. The maximum absolute atomic E-state index is 12.8. The number of hydrogen-bond donors (Lipinski definition) is 1. The normalized spacial score (nSPS) is 12.9. The molecule has 0 fully saturated rings. The first-order chi connectivity index (χ1) is 13.1. The Kier molecular flexibility index (Phi) is 4.58. The molecule has 1 aromatic heterocycles. The lowest BCUT2D eigenvalue weighted by Gasteiger charge is -2.13. The number of alkyl halides is 2. The fraction of sp³-hybridized carbons (Fsp3) is 0.200. The second-order valence-electron chi connectivity index (χ2n) is 6.20. The number of anilines is 1. The van der Waals surface area contributed by atoms with Gasteiger partial charge in [0, 0.05) is 5.56 Å². The van der Waals surface area contributed by atoms with Gasteiger partial charge in [-0.3, -0.25) is 4.79 Å². The molecule has 1 aliphatic carbocycles. The minimum Gasteiger partial charge on any atom is -0.434 e. The Morgan fingerprint density at radius 1 is 1.07 bits per heavy atom. The molecule has 0 radical (unpaired) electrons. The van der Waals surface area contributed by atoms with Gasteiger partial charge in [-0.05, 0) is 43.5 Å². The number of nitrogens with zero attached hydrogens (tertiary/aromatic N) is 2. The number of nitrogens with one attached hydrogen (secondary N) is 1. The highest BCUT2D eigenvalue weighted by atomic mass is 19.3. The van der Waals surface area contributed by atoms with Crippen LogP contribution in [0.3, 0.4) is 0 Å². The number of para-hydroxylation sites is 2.